The van der Waals surface area contributed by atoms with Gasteiger partial charge in [-0.1, -0.05) is 0 Å². The number of benzene rings is 1. The molecule has 3 aromatic rings. The van der Waals surface area contributed by atoms with Crippen molar-refractivity contribution in [1.29, 1.82) is 0 Å². The van der Waals surface area contributed by atoms with Gasteiger partial charge in [0.2, 0.25) is 5.91 Å². The van der Waals surface area contributed by atoms with E-state index < -0.39 is 0 Å². The van der Waals surface area contributed by atoms with Crippen molar-refractivity contribution in [2.24, 2.45) is 0 Å². The van der Waals surface area contributed by atoms with Gasteiger partial charge in [-0.3, -0.25) is 4.79 Å². The van der Waals surface area contributed by atoms with Gasteiger partial charge in [0.15, 0.2) is 10.8 Å². The third-order valence-electron chi connectivity index (χ3n) is 4.85. The molecule has 0 radical (unpaired) electrons. The van der Waals surface area contributed by atoms with E-state index in [1.807, 2.05) is 24.4 Å². The van der Waals surface area contributed by atoms with Crippen molar-refractivity contribution in [3.8, 4) is 10.8 Å². The highest BCUT2D eigenvalue weighted by molar-refractivity contribution is 7.13. The maximum atomic E-state index is 13.0. The number of urea groups is 1. The van der Waals surface area contributed by atoms with E-state index in [1.54, 1.807) is 9.80 Å². The number of hydrogen-bond acceptors (Lipinski definition) is 5. The zero-order valence-corrected chi connectivity index (χ0v) is 17.2. The smallest absolute Gasteiger partial charge is 0.321 e. The summed E-state index contributed by atoms with van der Waals surface area (Å²) in [6.45, 7) is 3.68. The summed E-state index contributed by atoms with van der Waals surface area (Å²) >= 11 is 1.45. The van der Waals surface area contributed by atoms with E-state index in [2.05, 4.69) is 10.3 Å². The summed E-state index contributed by atoms with van der Waals surface area (Å²) in [5, 5.41) is 5.37. The lowest BCUT2D eigenvalue weighted by molar-refractivity contribution is -0.131. The molecule has 156 valence electrons. The van der Waals surface area contributed by atoms with Gasteiger partial charge in [-0.15, -0.1) is 11.3 Å². The third kappa shape index (κ3) is 4.68. The van der Waals surface area contributed by atoms with E-state index in [0.29, 0.717) is 43.3 Å². The van der Waals surface area contributed by atoms with Crippen LogP contribution in [0.25, 0.3) is 10.8 Å². The van der Waals surface area contributed by atoms with Crippen molar-refractivity contribution in [3.63, 3.8) is 0 Å². The minimum atomic E-state index is -0.355. The zero-order chi connectivity index (χ0) is 21.1. The van der Waals surface area contributed by atoms with Gasteiger partial charge in [-0.05, 0) is 43.3 Å². The Balaban J connectivity index is 1.27. The van der Waals surface area contributed by atoms with Gasteiger partial charge in [-0.2, -0.15) is 0 Å². The summed E-state index contributed by atoms with van der Waals surface area (Å²) in [6.07, 6.45) is 0.220. The molecule has 2 aromatic heterocycles. The molecule has 1 aromatic carbocycles. The van der Waals surface area contributed by atoms with Crippen LogP contribution in [0.1, 0.15) is 11.5 Å². The van der Waals surface area contributed by atoms with E-state index in [-0.39, 0.29) is 24.2 Å². The fourth-order valence-electron chi connectivity index (χ4n) is 3.21. The number of aryl methyl sites for hydroxylation is 1. The van der Waals surface area contributed by atoms with Crippen LogP contribution >= 0.6 is 11.3 Å². The molecular weight excluding hydrogens is 407 g/mol. The van der Waals surface area contributed by atoms with Crippen molar-refractivity contribution in [2.75, 3.05) is 31.5 Å². The van der Waals surface area contributed by atoms with E-state index >= 15 is 0 Å². The number of rotatable bonds is 4. The Morgan fingerprint density at radius 2 is 1.80 bits per heavy atom. The van der Waals surface area contributed by atoms with Crippen molar-refractivity contribution in [3.05, 3.63) is 59.0 Å². The van der Waals surface area contributed by atoms with Crippen LogP contribution in [0.4, 0.5) is 14.9 Å². The molecule has 1 fully saturated rings. The molecule has 0 aliphatic carbocycles. The average Bonchev–Trinajstić information content (AvgIpc) is 3.38. The van der Waals surface area contributed by atoms with Crippen molar-refractivity contribution >= 4 is 29.0 Å². The highest BCUT2D eigenvalue weighted by atomic mass is 32.1. The number of piperazine rings is 1. The molecule has 30 heavy (non-hydrogen) atoms. The highest BCUT2D eigenvalue weighted by Gasteiger charge is 2.25. The first-order valence-corrected chi connectivity index (χ1v) is 10.5. The van der Waals surface area contributed by atoms with Crippen molar-refractivity contribution < 1.29 is 18.4 Å². The van der Waals surface area contributed by atoms with Crippen LogP contribution in [0, 0.1) is 12.7 Å². The number of aromatic nitrogens is 1. The van der Waals surface area contributed by atoms with Crippen LogP contribution in [0.15, 0.2) is 46.2 Å². The molecule has 1 aliphatic heterocycles. The summed E-state index contributed by atoms with van der Waals surface area (Å²) in [6, 6.07) is 9.11. The second-order valence-corrected chi connectivity index (χ2v) is 7.89. The van der Waals surface area contributed by atoms with Crippen LogP contribution in [-0.4, -0.2) is 52.9 Å². The molecule has 0 unspecified atom stereocenters. The Morgan fingerprint density at radius 1 is 1.10 bits per heavy atom. The number of hydrogen-bond donors (Lipinski definition) is 1. The molecule has 9 heteroatoms. The normalized spacial score (nSPS) is 14.1. The van der Waals surface area contributed by atoms with Crippen molar-refractivity contribution in [2.45, 2.75) is 13.3 Å². The largest absolute Gasteiger partial charge is 0.459 e. The Bertz CT molecular complexity index is 1040. The number of thiazole rings is 1. The monoisotopic (exact) mass is 428 g/mol. The van der Waals surface area contributed by atoms with Crippen molar-refractivity contribution in [1.82, 2.24) is 14.8 Å². The minimum absolute atomic E-state index is 0.0129. The van der Waals surface area contributed by atoms with Crippen LogP contribution < -0.4 is 5.32 Å². The first kappa shape index (κ1) is 20.1. The fourth-order valence-corrected chi connectivity index (χ4v) is 3.99. The average molecular weight is 428 g/mol. The van der Waals surface area contributed by atoms with E-state index in [4.69, 9.17) is 4.42 Å². The van der Waals surface area contributed by atoms with Crippen LogP contribution in [-0.2, 0) is 11.2 Å². The van der Waals surface area contributed by atoms with Gasteiger partial charge >= 0.3 is 6.03 Å². The fraction of sp³-hybridized carbons (Fsp3) is 0.286. The SMILES string of the molecule is Cc1ccc(-c2nc(CC(=O)N3CCN(C(=O)Nc4ccc(F)cc4)CC3)cs2)o1. The van der Waals surface area contributed by atoms with Crippen LogP contribution in [0.2, 0.25) is 0 Å². The van der Waals surface area contributed by atoms with E-state index in [1.165, 1.54) is 35.6 Å². The second kappa shape index (κ2) is 8.66. The maximum Gasteiger partial charge on any atom is 0.321 e. The molecule has 3 amide bonds. The minimum Gasteiger partial charge on any atom is -0.459 e. The number of carbonyl (C=O) groups is 2. The quantitative estimate of drug-likeness (QED) is 0.686. The molecular formula is C21H21FN4O3S. The van der Waals surface area contributed by atoms with Gasteiger partial charge in [-0.25, -0.2) is 14.2 Å². The first-order valence-electron chi connectivity index (χ1n) is 9.58. The number of anilines is 1. The van der Waals surface area contributed by atoms with E-state index in [0.717, 1.165) is 10.8 Å². The van der Waals surface area contributed by atoms with E-state index in [9.17, 15) is 14.0 Å². The summed E-state index contributed by atoms with van der Waals surface area (Å²) in [7, 11) is 0. The molecule has 7 nitrogen and oxygen atoms in total. The molecule has 0 atom stereocenters. The Labute approximate surface area is 177 Å². The number of furan rings is 1. The summed E-state index contributed by atoms with van der Waals surface area (Å²) in [5.74, 6) is 1.16. The number of amides is 3. The van der Waals surface area contributed by atoms with Crippen LogP contribution in [0.5, 0.6) is 0 Å². The molecule has 0 saturated carbocycles. The Hall–Kier alpha value is -3.20. The molecule has 4 rings (SSSR count). The molecule has 3 heterocycles. The zero-order valence-electron chi connectivity index (χ0n) is 16.4. The Morgan fingerprint density at radius 3 is 2.47 bits per heavy atom. The van der Waals surface area contributed by atoms with Gasteiger partial charge in [0, 0.05) is 37.2 Å². The molecule has 1 aliphatic rings. The summed E-state index contributed by atoms with van der Waals surface area (Å²) in [5.41, 5.74) is 1.25. The first-order chi connectivity index (χ1) is 14.5. The van der Waals surface area contributed by atoms with Crippen LogP contribution in [0.3, 0.4) is 0 Å². The lowest BCUT2D eigenvalue weighted by Crippen LogP contribution is -2.52. The maximum absolute atomic E-state index is 13.0. The lowest BCUT2D eigenvalue weighted by atomic mass is 10.2. The molecule has 1 saturated heterocycles. The predicted octanol–water partition coefficient (Wildman–Crippen LogP) is 3.77. The lowest BCUT2D eigenvalue weighted by Gasteiger charge is -2.34. The summed E-state index contributed by atoms with van der Waals surface area (Å²) < 4.78 is 18.6. The van der Waals surface area contributed by atoms with Gasteiger partial charge in [0.05, 0.1) is 12.1 Å². The highest BCUT2D eigenvalue weighted by Crippen LogP contribution is 2.26. The third-order valence-corrected chi connectivity index (χ3v) is 5.76. The number of halogens is 1. The molecule has 1 N–H and O–H groups in total. The standard InChI is InChI=1S/C21H21FN4O3S/c1-14-2-7-18(29-14)20-23-17(13-30-20)12-19(27)25-8-10-26(11-9-25)21(28)24-16-5-3-15(22)4-6-16/h2-7,13H,8-12H2,1H3,(H,24,28). The van der Waals surface area contributed by atoms with Gasteiger partial charge in [0.25, 0.3) is 0 Å². The van der Waals surface area contributed by atoms with Gasteiger partial charge in [0.1, 0.15) is 11.6 Å². The number of carbonyl (C=O) groups excluding carboxylic acids is 2. The predicted molar refractivity (Wildman–Crippen MR) is 112 cm³/mol. The summed E-state index contributed by atoms with van der Waals surface area (Å²) in [4.78, 5) is 32.9. The molecule has 0 spiro atoms. The topological polar surface area (TPSA) is 78.7 Å². The Kier molecular flexibility index (Phi) is 5.80. The second-order valence-electron chi connectivity index (χ2n) is 7.04. The molecule has 0 bridgehead atoms. The van der Waals surface area contributed by atoms with Gasteiger partial charge < -0.3 is 19.5 Å². The number of nitrogens with one attached hydrogen (secondary N) is 1. The number of nitrogens with zero attached hydrogens (tertiary/aromatic N) is 3.